The molecule has 0 bridgehead atoms. The summed E-state index contributed by atoms with van der Waals surface area (Å²) in [6, 6.07) is 89.4. The van der Waals surface area contributed by atoms with Crippen LogP contribution in [0.2, 0.25) is 0 Å². The van der Waals surface area contributed by atoms with Gasteiger partial charge in [0.1, 0.15) is 0 Å². The van der Waals surface area contributed by atoms with E-state index in [1.54, 1.807) is 0 Å². The van der Waals surface area contributed by atoms with Crippen LogP contribution < -0.4 is 0 Å². The summed E-state index contributed by atoms with van der Waals surface area (Å²) < 4.78 is 2.34. The van der Waals surface area contributed by atoms with E-state index in [9.17, 15) is 0 Å². The first-order valence-corrected chi connectivity index (χ1v) is 22.9. The normalized spacial score (nSPS) is 11.6. The molecule has 0 saturated carbocycles. The van der Waals surface area contributed by atoms with E-state index in [-0.39, 0.29) is 0 Å². The lowest BCUT2D eigenvalue weighted by Crippen LogP contribution is -1.97. The standard InChI is InChI=1S/C64H41N3/c1-2-13-50(14-3-1)64-65-59(41-60(66-64)48-34-37-52(38-35-48)67-61-20-10-8-18-55(61)56-19-9-11-21-62(56)67)47-30-26-44(27-31-47)42-22-24-43(25-23-42)45-28-32-49(33-29-45)63-54-17-7-5-15-51(54)40-58-53-16-6-4-12-46(53)36-39-57(58)63/h1-41H. The second kappa shape index (κ2) is 16.0. The van der Waals surface area contributed by atoms with Gasteiger partial charge in [-0.3, -0.25) is 0 Å². The monoisotopic (exact) mass is 851 g/mol. The molecule has 11 aromatic carbocycles. The van der Waals surface area contributed by atoms with E-state index < -0.39 is 0 Å². The molecule has 0 saturated heterocycles. The number of rotatable bonds is 7. The predicted molar refractivity (Wildman–Crippen MR) is 282 cm³/mol. The summed E-state index contributed by atoms with van der Waals surface area (Å²) in [5.41, 5.74) is 15.5. The van der Waals surface area contributed by atoms with Gasteiger partial charge in [0.05, 0.1) is 22.4 Å². The van der Waals surface area contributed by atoms with Crippen molar-refractivity contribution in [3.8, 4) is 73.0 Å². The van der Waals surface area contributed by atoms with Crippen molar-refractivity contribution >= 4 is 54.1 Å². The first-order valence-electron chi connectivity index (χ1n) is 22.9. The molecule has 2 heterocycles. The molecule has 0 unspecified atom stereocenters. The minimum Gasteiger partial charge on any atom is -0.309 e. The summed E-state index contributed by atoms with van der Waals surface area (Å²) in [6.45, 7) is 0. The van der Waals surface area contributed by atoms with E-state index in [1.165, 1.54) is 76.4 Å². The Morgan fingerprint density at radius 1 is 0.254 bits per heavy atom. The lowest BCUT2D eigenvalue weighted by Gasteiger charge is -2.14. The molecule has 0 amide bonds. The summed E-state index contributed by atoms with van der Waals surface area (Å²) in [7, 11) is 0. The third-order valence-electron chi connectivity index (χ3n) is 13.4. The van der Waals surface area contributed by atoms with Crippen LogP contribution in [0.3, 0.4) is 0 Å². The average molecular weight is 852 g/mol. The molecule has 0 spiro atoms. The molecule has 3 heteroatoms. The number of aromatic nitrogens is 3. The molecule has 13 aromatic rings. The number of hydrogen-bond acceptors (Lipinski definition) is 2. The Balaban J connectivity index is 0.794. The molecule has 13 rings (SSSR count). The molecule has 0 aliphatic heterocycles. The van der Waals surface area contributed by atoms with Crippen molar-refractivity contribution in [1.29, 1.82) is 0 Å². The van der Waals surface area contributed by atoms with Gasteiger partial charge in [-0.15, -0.1) is 0 Å². The second-order valence-corrected chi connectivity index (χ2v) is 17.3. The van der Waals surface area contributed by atoms with Crippen molar-refractivity contribution < 1.29 is 0 Å². The fourth-order valence-electron chi connectivity index (χ4n) is 10.1. The quantitative estimate of drug-likeness (QED) is 0.118. The summed E-state index contributed by atoms with van der Waals surface area (Å²) in [6.07, 6.45) is 0. The molecule has 67 heavy (non-hydrogen) atoms. The highest BCUT2D eigenvalue weighted by Crippen LogP contribution is 2.40. The number of benzene rings is 11. The highest BCUT2D eigenvalue weighted by atomic mass is 15.0. The Kier molecular flexibility index (Phi) is 9.17. The van der Waals surface area contributed by atoms with E-state index in [0.717, 1.165) is 44.9 Å². The first-order chi connectivity index (χ1) is 33.2. The Bertz CT molecular complexity index is 3930. The topological polar surface area (TPSA) is 30.7 Å². The van der Waals surface area contributed by atoms with Crippen LogP contribution >= 0.6 is 0 Å². The zero-order valence-corrected chi connectivity index (χ0v) is 36.5. The van der Waals surface area contributed by atoms with Crippen LogP contribution in [0, 0.1) is 0 Å². The Labute approximate surface area is 388 Å². The van der Waals surface area contributed by atoms with Gasteiger partial charge < -0.3 is 4.57 Å². The van der Waals surface area contributed by atoms with Gasteiger partial charge in [0.15, 0.2) is 5.82 Å². The lowest BCUT2D eigenvalue weighted by molar-refractivity contribution is 1.17. The van der Waals surface area contributed by atoms with Crippen molar-refractivity contribution in [3.63, 3.8) is 0 Å². The van der Waals surface area contributed by atoms with Crippen LogP contribution in [-0.4, -0.2) is 14.5 Å². The highest BCUT2D eigenvalue weighted by Gasteiger charge is 2.16. The minimum absolute atomic E-state index is 0.700. The maximum Gasteiger partial charge on any atom is 0.160 e. The molecular weight excluding hydrogens is 811 g/mol. The van der Waals surface area contributed by atoms with Crippen LogP contribution in [0.25, 0.3) is 127 Å². The molecule has 0 aliphatic rings. The van der Waals surface area contributed by atoms with Crippen LogP contribution in [-0.2, 0) is 0 Å². The summed E-state index contributed by atoms with van der Waals surface area (Å²) in [5.74, 6) is 0.700. The van der Waals surface area contributed by atoms with Gasteiger partial charge in [-0.1, -0.05) is 212 Å². The van der Waals surface area contributed by atoms with Gasteiger partial charge in [-0.05, 0) is 102 Å². The van der Waals surface area contributed by atoms with E-state index in [1.807, 2.05) is 18.2 Å². The van der Waals surface area contributed by atoms with Crippen LogP contribution in [0.1, 0.15) is 0 Å². The smallest absolute Gasteiger partial charge is 0.160 e. The molecule has 0 fully saturated rings. The molecule has 312 valence electrons. The number of para-hydroxylation sites is 2. The van der Waals surface area contributed by atoms with Crippen LogP contribution in [0.4, 0.5) is 0 Å². The zero-order valence-electron chi connectivity index (χ0n) is 36.5. The third kappa shape index (κ3) is 6.76. The average Bonchev–Trinajstić information content (AvgIpc) is 3.75. The van der Waals surface area contributed by atoms with Crippen LogP contribution in [0.15, 0.2) is 249 Å². The fraction of sp³-hybridized carbons (Fsp3) is 0. The molecule has 0 N–H and O–H groups in total. The van der Waals surface area contributed by atoms with Gasteiger partial charge in [0.25, 0.3) is 0 Å². The summed E-state index contributed by atoms with van der Waals surface area (Å²) in [5, 5.41) is 10.1. The van der Waals surface area contributed by atoms with Gasteiger partial charge in [0, 0.05) is 33.2 Å². The van der Waals surface area contributed by atoms with Gasteiger partial charge in [-0.2, -0.15) is 0 Å². The largest absolute Gasteiger partial charge is 0.309 e. The molecular formula is C64H41N3. The van der Waals surface area contributed by atoms with Gasteiger partial charge in [-0.25, -0.2) is 9.97 Å². The van der Waals surface area contributed by atoms with Crippen molar-refractivity contribution in [2.24, 2.45) is 0 Å². The minimum atomic E-state index is 0.700. The second-order valence-electron chi connectivity index (χ2n) is 17.3. The summed E-state index contributed by atoms with van der Waals surface area (Å²) in [4.78, 5) is 10.3. The Morgan fingerprint density at radius 3 is 1.28 bits per heavy atom. The number of hydrogen-bond donors (Lipinski definition) is 0. The lowest BCUT2D eigenvalue weighted by atomic mass is 9.89. The van der Waals surface area contributed by atoms with Crippen LogP contribution in [0.5, 0.6) is 0 Å². The number of nitrogens with zero attached hydrogens (tertiary/aromatic N) is 3. The molecule has 0 aliphatic carbocycles. The van der Waals surface area contributed by atoms with Crippen molar-refractivity contribution in [2.45, 2.75) is 0 Å². The maximum absolute atomic E-state index is 5.13. The zero-order chi connectivity index (χ0) is 44.3. The van der Waals surface area contributed by atoms with Crippen molar-refractivity contribution in [1.82, 2.24) is 14.5 Å². The predicted octanol–water partition coefficient (Wildman–Crippen LogP) is 17.0. The molecule has 0 atom stereocenters. The first kappa shape index (κ1) is 38.5. The summed E-state index contributed by atoms with van der Waals surface area (Å²) >= 11 is 0. The third-order valence-corrected chi connectivity index (χ3v) is 13.4. The van der Waals surface area contributed by atoms with E-state index in [2.05, 4.69) is 235 Å². The maximum atomic E-state index is 5.13. The van der Waals surface area contributed by atoms with E-state index >= 15 is 0 Å². The van der Waals surface area contributed by atoms with Crippen molar-refractivity contribution in [3.05, 3.63) is 249 Å². The van der Waals surface area contributed by atoms with Crippen molar-refractivity contribution in [2.75, 3.05) is 0 Å². The SMILES string of the molecule is c1ccc(-c2nc(-c3ccc(-c4ccc(-c5ccc(-c6c7ccccc7cc7c6ccc6ccccc67)cc5)cc4)cc3)cc(-c3ccc(-n4c5ccccc5c5ccccc54)cc3)n2)cc1. The van der Waals surface area contributed by atoms with Gasteiger partial charge >= 0.3 is 0 Å². The molecule has 3 nitrogen and oxygen atoms in total. The molecule has 2 aromatic heterocycles. The Hall–Kier alpha value is -8.92. The molecule has 0 radical (unpaired) electrons. The fourth-order valence-corrected chi connectivity index (χ4v) is 10.1. The number of fused-ring (bicyclic) bond motifs is 7. The van der Waals surface area contributed by atoms with E-state index in [4.69, 9.17) is 9.97 Å². The highest BCUT2D eigenvalue weighted by molar-refractivity contribution is 6.20. The van der Waals surface area contributed by atoms with Gasteiger partial charge in [0.2, 0.25) is 0 Å². The van der Waals surface area contributed by atoms with E-state index in [0.29, 0.717) is 5.82 Å². The Morgan fingerprint density at radius 2 is 0.701 bits per heavy atom.